The van der Waals surface area contributed by atoms with Crippen molar-refractivity contribution in [3.8, 4) is 5.75 Å². The maximum absolute atomic E-state index is 13.1. The molecule has 0 radical (unpaired) electrons. The van der Waals surface area contributed by atoms with E-state index in [-0.39, 0.29) is 42.9 Å². The van der Waals surface area contributed by atoms with Gasteiger partial charge in [0, 0.05) is 38.4 Å². The molecule has 0 bridgehead atoms. The summed E-state index contributed by atoms with van der Waals surface area (Å²) in [6.07, 6.45) is 0.468. The van der Waals surface area contributed by atoms with Crippen molar-refractivity contribution in [3.05, 3.63) is 53.6 Å². The predicted octanol–water partition coefficient (Wildman–Crippen LogP) is 2.59. The highest BCUT2D eigenvalue weighted by atomic mass is 32.2. The van der Waals surface area contributed by atoms with Crippen LogP contribution in [0.15, 0.2) is 47.4 Å². The molecule has 0 saturated carbocycles. The number of carbonyl (C=O) groups excluding carboxylic acids is 2. The topological polar surface area (TPSA) is 87.2 Å². The fourth-order valence-electron chi connectivity index (χ4n) is 4.45. The molecule has 1 atom stereocenters. The first-order valence-electron chi connectivity index (χ1n) is 11.6. The van der Waals surface area contributed by atoms with Gasteiger partial charge in [0.1, 0.15) is 11.7 Å². The highest BCUT2D eigenvalue weighted by Gasteiger charge is 2.41. The van der Waals surface area contributed by atoms with Gasteiger partial charge in [0.25, 0.3) is 0 Å². The molecule has 34 heavy (non-hydrogen) atoms. The summed E-state index contributed by atoms with van der Waals surface area (Å²) >= 11 is 0. The zero-order valence-electron chi connectivity index (χ0n) is 19.9. The molecule has 2 aromatic rings. The van der Waals surface area contributed by atoms with E-state index in [0.717, 1.165) is 16.8 Å². The average molecular weight is 486 g/mol. The van der Waals surface area contributed by atoms with E-state index in [9.17, 15) is 18.0 Å². The summed E-state index contributed by atoms with van der Waals surface area (Å²) < 4.78 is 32.8. The van der Waals surface area contributed by atoms with E-state index in [4.69, 9.17) is 4.74 Å². The number of carbonyl (C=O) groups is 2. The number of aryl methyl sites for hydroxylation is 2. The van der Waals surface area contributed by atoms with Crippen LogP contribution in [0.3, 0.4) is 0 Å². The largest absolute Gasteiger partial charge is 0.494 e. The minimum absolute atomic E-state index is 0.183. The number of hydrogen-bond donors (Lipinski definition) is 0. The fourth-order valence-corrected chi connectivity index (χ4v) is 5.87. The third-order valence-electron chi connectivity index (χ3n) is 6.63. The van der Waals surface area contributed by atoms with E-state index in [1.807, 2.05) is 39.0 Å². The Morgan fingerprint density at radius 1 is 0.971 bits per heavy atom. The van der Waals surface area contributed by atoms with E-state index < -0.39 is 15.9 Å². The molecular formula is C25H31N3O5S. The van der Waals surface area contributed by atoms with Crippen LogP contribution >= 0.6 is 0 Å². The Bertz CT molecular complexity index is 1170. The second kappa shape index (κ2) is 9.76. The monoisotopic (exact) mass is 485 g/mol. The van der Waals surface area contributed by atoms with Crippen LogP contribution in [-0.2, 0) is 19.6 Å². The fraction of sp³-hybridized carbons (Fsp3) is 0.440. The Morgan fingerprint density at radius 2 is 1.65 bits per heavy atom. The van der Waals surface area contributed by atoms with Crippen LogP contribution in [0.5, 0.6) is 5.75 Å². The van der Waals surface area contributed by atoms with Gasteiger partial charge in [0.15, 0.2) is 0 Å². The van der Waals surface area contributed by atoms with Gasteiger partial charge in [0.2, 0.25) is 21.8 Å². The van der Waals surface area contributed by atoms with Gasteiger partial charge in [-0.15, -0.1) is 0 Å². The number of benzene rings is 2. The van der Waals surface area contributed by atoms with Gasteiger partial charge in [-0.1, -0.05) is 6.07 Å². The van der Waals surface area contributed by atoms with Gasteiger partial charge >= 0.3 is 0 Å². The smallest absolute Gasteiger partial charge is 0.243 e. The van der Waals surface area contributed by atoms with Crippen LogP contribution in [-0.4, -0.2) is 68.8 Å². The lowest BCUT2D eigenvalue weighted by atomic mass is 10.1. The molecule has 4 rings (SSSR count). The van der Waals surface area contributed by atoms with Gasteiger partial charge in [-0.25, -0.2) is 8.42 Å². The molecule has 0 aliphatic carbocycles. The summed E-state index contributed by atoms with van der Waals surface area (Å²) in [5.41, 5.74) is 3.07. The van der Waals surface area contributed by atoms with Crippen molar-refractivity contribution in [2.24, 2.45) is 5.92 Å². The first-order valence-corrected chi connectivity index (χ1v) is 13.1. The molecule has 182 valence electrons. The molecule has 2 aromatic carbocycles. The molecule has 2 amide bonds. The van der Waals surface area contributed by atoms with Crippen molar-refractivity contribution in [1.29, 1.82) is 0 Å². The Kier molecular flexibility index (Phi) is 6.95. The Hall–Kier alpha value is -2.91. The van der Waals surface area contributed by atoms with E-state index >= 15 is 0 Å². The minimum Gasteiger partial charge on any atom is -0.494 e. The molecule has 2 saturated heterocycles. The molecule has 8 nitrogen and oxygen atoms in total. The third kappa shape index (κ3) is 4.67. The van der Waals surface area contributed by atoms with Gasteiger partial charge in [-0.05, 0) is 74.7 Å². The number of ether oxygens (including phenoxy) is 1. The molecule has 9 heteroatoms. The number of anilines is 1. The van der Waals surface area contributed by atoms with Crippen molar-refractivity contribution in [2.45, 2.75) is 32.1 Å². The Morgan fingerprint density at radius 3 is 2.26 bits per heavy atom. The number of rotatable bonds is 6. The van der Waals surface area contributed by atoms with Crippen LogP contribution in [0, 0.1) is 19.8 Å². The average Bonchev–Trinajstić information content (AvgIpc) is 3.22. The number of nitrogens with zero attached hydrogens (tertiary/aromatic N) is 3. The lowest BCUT2D eigenvalue weighted by molar-refractivity contribution is -0.140. The second-order valence-corrected chi connectivity index (χ2v) is 10.7. The molecule has 2 aliphatic rings. The number of sulfonamides is 1. The summed E-state index contributed by atoms with van der Waals surface area (Å²) in [6.45, 7) is 7.83. The molecule has 2 fully saturated rings. The molecule has 1 unspecified atom stereocenters. The maximum Gasteiger partial charge on any atom is 0.243 e. The zero-order valence-corrected chi connectivity index (χ0v) is 20.7. The lowest BCUT2D eigenvalue weighted by Gasteiger charge is -2.35. The van der Waals surface area contributed by atoms with Crippen molar-refractivity contribution in [1.82, 2.24) is 9.21 Å². The maximum atomic E-state index is 13.1. The van der Waals surface area contributed by atoms with Gasteiger partial charge in [0.05, 0.1) is 11.5 Å². The number of hydrogen-bond acceptors (Lipinski definition) is 5. The first kappa shape index (κ1) is 24.2. The van der Waals surface area contributed by atoms with E-state index in [1.165, 1.54) is 16.4 Å². The number of piperazine rings is 1. The Balaban J connectivity index is 1.38. The summed E-state index contributed by atoms with van der Waals surface area (Å²) in [6, 6.07) is 12.2. The van der Waals surface area contributed by atoms with Crippen molar-refractivity contribution < 1.29 is 22.7 Å². The molecule has 2 heterocycles. The van der Waals surface area contributed by atoms with Crippen molar-refractivity contribution >= 4 is 27.5 Å². The van der Waals surface area contributed by atoms with Gasteiger partial charge in [-0.2, -0.15) is 4.31 Å². The molecule has 2 aliphatic heterocycles. The third-order valence-corrected chi connectivity index (χ3v) is 8.54. The van der Waals surface area contributed by atoms with E-state index in [2.05, 4.69) is 0 Å². The second-order valence-electron chi connectivity index (χ2n) is 8.73. The standard InChI is InChI=1S/C25H31N3O5S/c1-4-33-21-7-9-22(10-8-21)34(31,32)27-15-13-26(14-16-27)24(29)23-11-12-28(25(23)30)20-6-5-18(2)19(3)17-20/h5-10,17,23H,4,11-16H2,1-3H3. The quantitative estimate of drug-likeness (QED) is 0.587. The minimum atomic E-state index is -3.66. The molecular weight excluding hydrogens is 454 g/mol. The summed E-state index contributed by atoms with van der Waals surface area (Å²) in [4.78, 5) is 29.7. The first-order chi connectivity index (χ1) is 16.2. The van der Waals surface area contributed by atoms with Crippen molar-refractivity contribution in [2.75, 3.05) is 44.2 Å². The van der Waals surface area contributed by atoms with E-state index in [1.54, 1.807) is 21.9 Å². The van der Waals surface area contributed by atoms with Gasteiger partial charge < -0.3 is 14.5 Å². The predicted molar refractivity (Wildman–Crippen MR) is 129 cm³/mol. The van der Waals surface area contributed by atoms with Crippen LogP contribution in [0.2, 0.25) is 0 Å². The van der Waals surface area contributed by atoms with Crippen LogP contribution in [0.1, 0.15) is 24.5 Å². The highest BCUT2D eigenvalue weighted by Crippen LogP contribution is 2.29. The summed E-state index contributed by atoms with van der Waals surface area (Å²) in [5.74, 6) is -0.490. The molecule has 0 aromatic heterocycles. The highest BCUT2D eigenvalue weighted by molar-refractivity contribution is 7.89. The zero-order chi connectivity index (χ0) is 24.5. The molecule has 0 N–H and O–H groups in total. The van der Waals surface area contributed by atoms with Crippen LogP contribution in [0.25, 0.3) is 0 Å². The summed E-state index contributed by atoms with van der Waals surface area (Å²) in [5, 5.41) is 0. The molecule has 0 spiro atoms. The summed E-state index contributed by atoms with van der Waals surface area (Å²) in [7, 11) is -3.66. The van der Waals surface area contributed by atoms with Crippen LogP contribution < -0.4 is 9.64 Å². The van der Waals surface area contributed by atoms with E-state index in [0.29, 0.717) is 25.3 Å². The van der Waals surface area contributed by atoms with Gasteiger partial charge in [-0.3, -0.25) is 9.59 Å². The SMILES string of the molecule is CCOc1ccc(S(=O)(=O)N2CCN(C(=O)C3CCN(c4ccc(C)c(C)c4)C3=O)CC2)cc1. The number of amides is 2. The van der Waals surface area contributed by atoms with Crippen LogP contribution in [0.4, 0.5) is 5.69 Å². The van der Waals surface area contributed by atoms with Crippen molar-refractivity contribution in [3.63, 3.8) is 0 Å². The Labute approximate surface area is 201 Å². The normalized spacial score (nSPS) is 19.5. The lowest BCUT2D eigenvalue weighted by Crippen LogP contribution is -2.52.